The van der Waals surface area contributed by atoms with Gasteiger partial charge in [-0.15, -0.1) is 0 Å². The van der Waals surface area contributed by atoms with Crippen LogP contribution in [0.25, 0.3) is 0 Å². The fourth-order valence-corrected chi connectivity index (χ4v) is 3.89. The van der Waals surface area contributed by atoms with Crippen LogP contribution in [0.2, 0.25) is 18.1 Å². The van der Waals surface area contributed by atoms with Crippen molar-refractivity contribution in [2.45, 2.75) is 71.2 Å². The molecule has 1 rings (SSSR count). The average Bonchev–Trinajstić information content (AvgIpc) is 2.55. The third kappa shape index (κ3) is 3.81. The first-order valence-electron chi connectivity index (χ1n) is 6.85. The topological polar surface area (TPSA) is 9.23 Å². The summed E-state index contributed by atoms with van der Waals surface area (Å²) in [6.45, 7) is 13.7. The van der Waals surface area contributed by atoms with Gasteiger partial charge in [-0.3, -0.25) is 0 Å². The zero-order valence-corrected chi connectivity index (χ0v) is 15.2. The molecule has 3 heteroatoms. The van der Waals surface area contributed by atoms with E-state index in [9.17, 15) is 0 Å². The molecular weight excluding hydrogens is 304 g/mol. The fraction of sp³-hybridized carbons (Fsp3) is 0.733. The summed E-state index contributed by atoms with van der Waals surface area (Å²) in [6.07, 6.45) is 7.97. The predicted molar refractivity (Wildman–Crippen MR) is 86.7 cm³/mol. The quantitative estimate of drug-likeness (QED) is 0.468. The Morgan fingerprint density at radius 1 is 1.39 bits per heavy atom. The van der Waals surface area contributed by atoms with E-state index >= 15 is 0 Å². The van der Waals surface area contributed by atoms with Crippen LogP contribution in [-0.2, 0) is 4.43 Å². The fourth-order valence-electron chi connectivity index (χ4n) is 1.92. The van der Waals surface area contributed by atoms with E-state index in [2.05, 4.69) is 68.9 Å². The number of allylic oxidation sites excluding steroid dienone is 3. The largest absolute Gasteiger partial charge is 0.410 e. The molecule has 0 saturated carbocycles. The molecule has 1 unspecified atom stereocenters. The minimum atomic E-state index is -1.66. The van der Waals surface area contributed by atoms with Gasteiger partial charge in [0.25, 0.3) is 0 Å². The second-order valence-corrected chi connectivity index (χ2v) is 12.3. The van der Waals surface area contributed by atoms with Gasteiger partial charge in [-0.25, -0.2) is 0 Å². The highest BCUT2D eigenvalue weighted by Gasteiger charge is 2.40. The molecule has 0 bridgehead atoms. The smallest absolute Gasteiger partial charge is 0.192 e. The van der Waals surface area contributed by atoms with Crippen LogP contribution in [0.1, 0.15) is 47.0 Å². The Kier molecular flexibility index (Phi) is 5.45. The molecule has 0 saturated heterocycles. The Morgan fingerprint density at radius 2 is 2.00 bits per heavy atom. The summed E-state index contributed by atoms with van der Waals surface area (Å²) in [5.74, 6) is 0. The second kappa shape index (κ2) is 6.06. The van der Waals surface area contributed by atoms with Crippen LogP contribution in [0.15, 0.2) is 22.2 Å². The summed E-state index contributed by atoms with van der Waals surface area (Å²) in [5.41, 5.74) is 1.46. The van der Waals surface area contributed by atoms with Gasteiger partial charge in [0.05, 0.1) is 6.10 Å². The molecular formula is C15H27BrOSi. The van der Waals surface area contributed by atoms with Gasteiger partial charge in [-0.2, -0.15) is 0 Å². The maximum Gasteiger partial charge on any atom is 0.192 e. The van der Waals surface area contributed by atoms with Crippen LogP contribution in [0.3, 0.4) is 0 Å². The molecule has 0 N–H and O–H groups in total. The molecule has 1 aliphatic carbocycles. The van der Waals surface area contributed by atoms with Crippen molar-refractivity contribution in [1.82, 2.24) is 0 Å². The summed E-state index contributed by atoms with van der Waals surface area (Å²) in [5, 5.41) is 0.285. The van der Waals surface area contributed by atoms with Gasteiger partial charge < -0.3 is 4.43 Å². The molecule has 1 aliphatic rings. The van der Waals surface area contributed by atoms with E-state index in [1.807, 2.05) is 0 Å². The third-order valence-electron chi connectivity index (χ3n) is 4.18. The van der Waals surface area contributed by atoms with E-state index in [1.54, 1.807) is 0 Å². The first-order chi connectivity index (χ1) is 8.19. The Hall–Kier alpha value is 0.137. The molecule has 1 nitrogen and oxygen atoms in total. The highest BCUT2D eigenvalue weighted by molar-refractivity contribution is 9.11. The normalized spacial score (nSPS) is 22.3. The predicted octanol–water partition coefficient (Wildman–Crippen LogP) is 5.79. The highest BCUT2D eigenvalue weighted by atomic mass is 79.9. The SMILES string of the molecule is C/C=C/CC1=C(Br)CCC1O[Si](C)(C)C(C)(C)C. The maximum atomic E-state index is 6.56. The lowest BCUT2D eigenvalue weighted by Gasteiger charge is -2.39. The molecule has 0 radical (unpaired) electrons. The van der Waals surface area contributed by atoms with Gasteiger partial charge in [-0.1, -0.05) is 48.9 Å². The number of hydrogen-bond acceptors (Lipinski definition) is 1. The summed E-state index contributed by atoms with van der Waals surface area (Å²) < 4.78 is 7.93. The van der Waals surface area contributed by atoms with Crippen molar-refractivity contribution in [1.29, 1.82) is 0 Å². The van der Waals surface area contributed by atoms with E-state index in [0.29, 0.717) is 6.10 Å². The van der Waals surface area contributed by atoms with Crippen molar-refractivity contribution < 1.29 is 4.43 Å². The first kappa shape index (κ1) is 16.2. The van der Waals surface area contributed by atoms with Crippen molar-refractivity contribution in [3.8, 4) is 0 Å². The highest BCUT2D eigenvalue weighted by Crippen LogP contribution is 2.42. The number of halogens is 1. The van der Waals surface area contributed by atoms with Crippen molar-refractivity contribution in [2.75, 3.05) is 0 Å². The number of hydrogen-bond donors (Lipinski definition) is 0. The zero-order valence-electron chi connectivity index (χ0n) is 12.6. The van der Waals surface area contributed by atoms with Gasteiger partial charge in [0, 0.05) is 0 Å². The van der Waals surface area contributed by atoms with Gasteiger partial charge in [0.2, 0.25) is 0 Å². The summed E-state index contributed by atoms with van der Waals surface area (Å²) in [7, 11) is -1.66. The average molecular weight is 331 g/mol. The van der Waals surface area contributed by atoms with Gasteiger partial charge >= 0.3 is 0 Å². The van der Waals surface area contributed by atoms with Crippen LogP contribution in [0.5, 0.6) is 0 Å². The third-order valence-corrected chi connectivity index (χ3v) is 9.57. The lowest BCUT2D eigenvalue weighted by Crippen LogP contribution is -2.43. The van der Waals surface area contributed by atoms with E-state index in [0.717, 1.165) is 19.3 Å². The Morgan fingerprint density at radius 3 is 2.50 bits per heavy atom. The van der Waals surface area contributed by atoms with Gasteiger partial charge in [0.1, 0.15) is 0 Å². The number of rotatable bonds is 4. The second-order valence-electron chi connectivity index (χ2n) is 6.61. The molecule has 0 aliphatic heterocycles. The Labute approximate surface area is 122 Å². The van der Waals surface area contributed by atoms with Gasteiger partial charge in [-0.05, 0) is 54.4 Å². The lowest BCUT2D eigenvalue weighted by atomic mass is 10.1. The Bertz CT molecular complexity index is 350. The molecule has 0 fully saturated rings. The summed E-state index contributed by atoms with van der Waals surface area (Å²) >= 11 is 3.71. The van der Waals surface area contributed by atoms with Crippen molar-refractivity contribution in [3.63, 3.8) is 0 Å². The van der Waals surface area contributed by atoms with Crippen LogP contribution in [0, 0.1) is 0 Å². The molecule has 0 amide bonds. The van der Waals surface area contributed by atoms with E-state index < -0.39 is 8.32 Å². The first-order valence-corrected chi connectivity index (χ1v) is 10.6. The summed E-state index contributed by atoms with van der Waals surface area (Å²) in [6, 6.07) is 0. The zero-order chi connectivity index (χ0) is 14.0. The van der Waals surface area contributed by atoms with Crippen LogP contribution >= 0.6 is 15.9 Å². The Balaban J connectivity index is 2.79. The van der Waals surface area contributed by atoms with Crippen molar-refractivity contribution in [2.24, 2.45) is 0 Å². The monoisotopic (exact) mass is 330 g/mol. The van der Waals surface area contributed by atoms with Crippen LogP contribution in [0.4, 0.5) is 0 Å². The molecule has 18 heavy (non-hydrogen) atoms. The molecule has 0 aromatic carbocycles. The van der Waals surface area contributed by atoms with Crippen LogP contribution < -0.4 is 0 Å². The lowest BCUT2D eigenvalue weighted by molar-refractivity contribution is 0.212. The summed E-state index contributed by atoms with van der Waals surface area (Å²) in [4.78, 5) is 0. The minimum Gasteiger partial charge on any atom is -0.410 e. The molecule has 104 valence electrons. The van der Waals surface area contributed by atoms with Crippen molar-refractivity contribution in [3.05, 3.63) is 22.2 Å². The standard InChI is InChI=1S/C15H27BrOSi/c1-7-8-9-12-13(16)10-11-14(12)17-18(5,6)15(2,3)4/h7-8,14H,9-11H2,1-6H3/b8-7+. The van der Waals surface area contributed by atoms with Crippen LogP contribution in [-0.4, -0.2) is 14.4 Å². The minimum absolute atomic E-state index is 0.285. The molecule has 0 heterocycles. The molecule has 0 aromatic heterocycles. The van der Waals surface area contributed by atoms with E-state index in [4.69, 9.17) is 4.43 Å². The molecule has 0 aromatic rings. The van der Waals surface area contributed by atoms with Gasteiger partial charge in [0.15, 0.2) is 8.32 Å². The van der Waals surface area contributed by atoms with E-state index in [1.165, 1.54) is 10.1 Å². The van der Waals surface area contributed by atoms with Crippen molar-refractivity contribution >= 4 is 24.2 Å². The molecule has 0 spiro atoms. The maximum absolute atomic E-state index is 6.56. The molecule has 1 atom stereocenters. The van der Waals surface area contributed by atoms with E-state index in [-0.39, 0.29) is 5.04 Å².